The number of nitrogens with one attached hydrogen (secondary N) is 2. The molecular weight excluding hydrogens is 390 g/mol. The Morgan fingerprint density at radius 3 is 2.76 bits per heavy atom. The van der Waals surface area contributed by atoms with Crippen molar-refractivity contribution in [3.05, 3.63) is 34.2 Å². The standard InChI is InChI=1S/C21H27N3O4S/c1-13-7-5-8-14(11-16-18(25)23-20(27)29-16)17(13)24-10-6-9-15(12-24)22-19(26)28-21(2,3)4/h5,7-8,11,15H,6,9-10,12H2,1-4H3,(H,22,26)(H,23,25,27)/b16-11-. The number of amides is 3. The Balaban J connectivity index is 1.79. The molecule has 2 fully saturated rings. The summed E-state index contributed by atoms with van der Waals surface area (Å²) in [5.41, 5.74) is 2.44. The van der Waals surface area contributed by atoms with Crippen LogP contribution in [0.15, 0.2) is 23.1 Å². The van der Waals surface area contributed by atoms with Gasteiger partial charge in [0.1, 0.15) is 5.60 Å². The van der Waals surface area contributed by atoms with Crippen LogP contribution in [0.25, 0.3) is 6.08 Å². The summed E-state index contributed by atoms with van der Waals surface area (Å²) in [6.07, 6.45) is 3.16. The number of carbonyl (C=O) groups excluding carboxylic acids is 3. The lowest BCUT2D eigenvalue weighted by molar-refractivity contribution is -0.115. The Kier molecular flexibility index (Phi) is 6.21. The number of benzene rings is 1. The lowest BCUT2D eigenvalue weighted by Crippen LogP contribution is -2.49. The molecule has 1 aromatic rings. The van der Waals surface area contributed by atoms with Crippen molar-refractivity contribution in [2.45, 2.75) is 52.2 Å². The molecule has 2 aliphatic rings. The normalized spacial score (nSPS) is 21.3. The number of anilines is 1. The summed E-state index contributed by atoms with van der Waals surface area (Å²) in [5, 5.41) is 4.91. The van der Waals surface area contributed by atoms with E-state index in [9.17, 15) is 14.4 Å². The van der Waals surface area contributed by atoms with Crippen molar-refractivity contribution in [1.82, 2.24) is 10.6 Å². The lowest BCUT2D eigenvalue weighted by atomic mass is 10.0. The molecule has 0 aliphatic carbocycles. The molecule has 2 saturated heterocycles. The Hall–Kier alpha value is -2.48. The maximum absolute atomic E-state index is 12.2. The zero-order valence-electron chi connectivity index (χ0n) is 17.2. The number of ether oxygens (including phenoxy) is 1. The maximum Gasteiger partial charge on any atom is 0.407 e. The number of thioether (sulfide) groups is 1. The van der Waals surface area contributed by atoms with Crippen LogP contribution in [0.2, 0.25) is 0 Å². The minimum absolute atomic E-state index is 0.0237. The second-order valence-corrected chi connectivity index (χ2v) is 9.31. The Morgan fingerprint density at radius 1 is 1.34 bits per heavy atom. The van der Waals surface area contributed by atoms with E-state index in [1.807, 2.05) is 45.9 Å². The van der Waals surface area contributed by atoms with E-state index in [0.717, 1.165) is 48.0 Å². The quantitative estimate of drug-likeness (QED) is 0.727. The average Bonchev–Trinajstić information content (AvgIpc) is 2.90. The second-order valence-electron chi connectivity index (χ2n) is 8.30. The van der Waals surface area contributed by atoms with Crippen molar-refractivity contribution in [2.24, 2.45) is 0 Å². The van der Waals surface area contributed by atoms with Gasteiger partial charge in [-0.25, -0.2) is 4.79 Å². The molecule has 29 heavy (non-hydrogen) atoms. The van der Waals surface area contributed by atoms with Gasteiger partial charge in [-0.2, -0.15) is 0 Å². The van der Waals surface area contributed by atoms with Gasteiger partial charge < -0.3 is 15.0 Å². The SMILES string of the molecule is Cc1cccc(/C=C2\SC(=O)NC2=O)c1N1CCCC(NC(=O)OC(C)(C)C)C1. The zero-order chi connectivity index (χ0) is 21.2. The molecule has 3 rings (SSSR count). The van der Waals surface area contributed by atoms with Crippen molar-refractivity contribution < 1.29 is 19.1 Å². The molecule has 156 valence electrons. The summed E-state index contributed by atoms with van der Waals surface area (Å²) < 4.78 is 5.38. The van der Waals surface area contributed by atoms with Gasteiger partial charge in [-0.15, -0.1) is 0 Å². The zero-order valence-corrected chi connectivity index (χ0v) is 18.0. The highest BCUT2D eigenvalue weighted by atomic mass is 32.2. The number of alkyl carbamates (subject to hydrolysis) is 1. The molecule has 1 atom stereocenters. The lowest BCUT2D eigenvalue weighted by Gasteiger charge is -2.36. The number of hydrogen-bond donors (Lipinski definition) is 2. The predicted molar refractivity (Wildman–Crippen MR) is 115 cm³/mol. The molecule has 2 heterocycles. The molecule has 1 aromatic carbocycles. The molecule has 7 nitrogen and oxygen atoms in total. The summed E-state index contributed by atoms with van der Waals surface area (Å²) in [7, 11) is 0. The Morgan fingerprint density at radius 2 is 2.10 bits per heavy atom. The van der Waals surface area contributed by atoms with Crippen LogP contribution in [-0.4, -0.2) is 42.0 Å². The summed E-state index contributed by atoms with van der Waals surface area (Å²) in [5.74, 6) is -0.365. The van der Waals surface area contributed by atoms with E-state index in [-0.39, 0.29) is 17.2 Å². The van der Waals surface area contributed by atoms with Crippen molar-refractivity contribution in [2.75, 3.05) is 18.0 Å². The topological polar surface area (TPSA) is 87.7 Å². The van der Waals surface area contributed by atoms with Crippen LogP contribution in [0.3, 0.4) is 0 Å². The van der Waals surface area contributed by atoms with Crippen molar-refractivity contribution in [1.29, 1.82) is 0 Å². The molecule has 0 aromatic heterocycles. The van der Waals surface area contributed by atoms with Crippen LogP contribution in [0.4, 0.5) is 15.3 Å². The van der Waals surface area contributed by atoms with Crippen LogP contribution < -0.4 is 15.5 Å². The Labute approximate surface area is 175 Å². The van der Waals surface area contributed by atoms with E-state index in [1.165, 1.54) is 0 Å². The molecule has 0 saturated carbocycles. The smallest absolute Gasteiger partial charge is 0.407 e. The summed E-state index contributed by atoms with van der Waals surface area (Å²) in [6.45, 7) is 9.05. The summed E-state index contributed by atoms with van der Waals surface area (Å²) in [4.78, 5) is 38.2. The first kappa shape index (κ1) is 21.2. The van der Waals surface area contributed by atoms with E-state index in [0.29, 0.717) is 11.4 Å². The number of piperidine rings is 1. The molecule has 2 aliphatic heterocycles. The summed E-state index contributed by atoms with van der Waals surface area (Å²) >= 11 is 0.913. The fourth-order valence-electron chi connectivity index (χ4n) is 3.56. The van der Waals surface area contributed by atoms with Crippen LogP contribution in [0.5, 0.6) is 0 Å². The van der Waals surface area contributed by atoms with Gasteiger partial charge in [0.2, 0.25) is 0 Å². The number of aryl methyl sites for hydroxylation is 1. The highest BCUT2D eigenvalue weighted by Crippen LogP contribution is 2.33. The van der Waals surface area contributed by atoms with Gasteiger partial charge in [0.15, 0.2) is 0 Å². The number of imide groups is 1. The largest absolute Gasteiger partial charge is 0.444 e. The van der Waals surface area contributed by atoms with E-state index < -0.39 is 11.7 Å². The van der Waals surface area contributed by atoms with Gasteiger partial charge in [-0.05, 0) is 69.5 Å². The summed E-state index contributed by atoms with van der Waals surface area (Å²) in [6, 6.07) is 5.88. The van der Waals surface area contributed by atoms with Crippen molar-refractivity contribution >= 4 is 40.8 Å². The van der Waals surface area contributed by atoms with E-state index in [1.54, 1.807) is 6.08 Å². The van der Waals surface area contributed by atoms with Gasteiger partial charge >= 0.3 is 6.09 Å². The molecule has 1 unspecified atom stereocenters. The molecule has 0 spiro atoms. The highest BCUT2D eigenvalue weighted by molar-refractivity contribution is 8.18. The number of hydrogen-bond acceptors (Lipinski definition) is 6. The fourth-order valence-corrected chi connectivity index (χ4v) is 4.24. The first-order valence-electron chi connectivity index (χ1n) is 9.71. The number of carbonyl (C=O) groups is 3. The minimum Gasteiger partial charge on any atom is -0.444 e. The van der Waals surface area contributed by atoms with E-state index >= 15 is 0 Å². The van der Waals surface area contributed by atoms with Gasteiger partial charge in [-0.3, -0.25) is 14.9 Å². The maximum atomic E-state index is 12.2. The van der Waals surface area contributed by atoms with Crippen molar-refractivity contribution in [3.63, 3.8) is 0 Å². The van der Waals surface area contributed by atoms with E-state index in [2.05, 4.69) is 15.5 Å². The second kappa shape index (κ2) is 8.49. The first-order chi connectivity index (χ1) is 13.6. The molecular formula is C21H27N3O4S. The molecule has 3 amide bonds. The third-order valence-electron chi connectivity index (χ3n) is 4.66. The predicted octanol–water partition coefficient (Wildman–Crippen LogP) is 3.81. The van der Waals surface area contributed by atoms with Crippen LogP contribution in [0.1, 0.15) is 44.7 Å². The third-order valence-corrected chi connectivity index (χ3v) is 5.47. The van der Waals surface area contributed by atoms with Gasteiger partial charge in [0, 0.05) is 24.8 Å². The number of para-hydroxylation sites is 1. The van der Waals surface area contributed by atoms with Crippen LogP contribution >= 0.6 is 11.8 Å². The Bertz CT molecular complexity index is 860. The van der Waals surface area contributed by atoms with Crippen LogP contribution in [0, 0.1) is 6.92 Å². The molecule has 2 N–H and O–H groups in total. The molecule has 0 radical (unpaired) electrons. The third kappa shape index (κ3) is 5.53. The first-order valence-corrected chi connectivity index (χ1v) is 10.5. The monoisotopic (exact) mass is 417 g/mol. The average molecular weight is 418 g/mol. The van der Waals surface area contributed by atoms with E-state index in [4.69, 9.17) is 4.74 Å². The van der Waals surface area contributed by atoms with Gasteiger partial charge in [0.25, 0.3) is 11.1 Å². The molecule has 8 heteroatoms. The van der Waals surface area contributed by atoms with Gasteiger partial charge in [-0.1, -0.05) is 18.2 Å². The molecule has 0 bridgehead atoms. The van der Waals surface area contributed by atoms with Gasteiger partial charge in [0.05, 0.1) is 4.91 Å². The highest BCUT2D eigenvalue weighted by Gasteiger charge is 2.28. The fraction of sp³-hybridized carbons (Fsp3) is 0.476. The van der Waals surface area contributed by atoms with Crippen LogP contribution in [-0.2, 0) is 9.53 Å². The van der Waals surface area contributed by atoms with Crippen molar-refractivity contribution in [3.8, 4) is 0 Å². The minimum atomic E-state index is -0.537. The number of rotatable bonds is 3. The number of nitrogens with zero attached hydrogens (tertiary/aromatic N) is 1.